The molecule has 0 aliphatic rings. The average molecular weight is 215 g/mol. The molecule has 1 aromatic carbocycles. The van der Waals surface area contributed by atoms with E-state index < -0.39 is 11.2 Å². The number of H-pyrrole nitrogens is 1. The van der Waals surface area contributed by atoms with Gasteiger partial charge in [-0.3, -0.25) is 4.98 Å². The number of nitrogens with zero attached hydrogens (tertiary/aromatic N) is 1. The predicted molar refractivity (Wildman–Crippen MR) is 53.4 cm³/mol. The van der Waals surface area contributed by atoms with E-state index in [4.69, 9.17) is 11.6 Å². The first-order valence-electron chi connectivity index (χ1n) is 3.65. The van der Waals surface area contributed by atoms with Crippen molar-refractivity contribution in [2.45, 2.75) is 5.16 Å². The zero-order valence-corrected chi connectivity index (χ0v) is 8.45. The van der Waals surface area contributed by atoms with E-state index in [0.29, 0.717) is 10.2 Å². The second-order valence-electron chi connectivity index (χ2n) is 2.66. The van der Waals surface area contributed by atoms with E-state index in [-0.39, 0.29) is 0 Å². The molecule has 0 aliphatic heterocycles. The van der Waals surface area contributed by atoms with Crippen LogP contribution in [0.5, 0.6) is 0 Å². The van der Waals surface area contributed by atoms with Gasteiger partial charge in [0, 0.05) is 16.2 Å². The molecule has 0 aliphatic carbocycles. The minimum absolute atomic E-state index is 0.484. The van der Waals surface area contributed by atoms with Crippen LogP contribution >= 0.6 is 11.6 Å². The third-order valence-electron chi connectivity index (χ3n) is 1.70. The van der Waals surface area contributed by atoms with Crippen LogP contribution in [0.2, 0.25) is 5.02 Å². The van der Waals surface area contributed by atoms with Gasteiger partial charge in [-0.05, 0) is 18.2 Å². The lowest BCUT2D eigenvalue weighted by molar-refractivity contribution is 0.594. The molecule has 1 unspecified atom stereocenters. The summed E-state index contributed by atoms with van der Waals surface area (Å²) in [5, 5.41) is 1.12. The Labute approximate surface area is 83.3 Å². The highest BCUT2D eigenvalue weighted by Crippen LogP contribution is 2.18. The monoisotopic (exact) mass is 214 g/mol. The van der Waals surface area contributed by atoms with Crippen LogP contribution in [0.4, 0.5) is 0 Å². The molecule has 68 valence electrons. The van der Waals surface area contributed by atoms with Crippen molar-refractivity contribution in [3.63, 3.8) is 0 Å². The number of aromatic nitrogens is 2. The molecule has 2 aromatic rings. The molecule has 1 heterocycles. The van der Waals surface area contributed by atoms with Gasteiger partial charge >= 0.3 is 5.16 Å². The van der Waals surface area contributed by atoms with Crippen molar-refractivity contribution in [3.8, 4) is 0 Å². The molecule has 5 heteroatoms. The van der Waals surface area contributed by atoms with Crippen LogP contribution < -0.4 is 0 Å². The first-order chi connectivity index (χ1) is 6.16. The van der Waals surface area contributed by atoms with E-state index in [2.05, 4.69) is 9.97 Å². The van der Waals surface area contributed by atoms with E-state index in [1.54, 1.807) is 18.4 Å². The molecule has 2 rings (SSSR count). The quantitative estimate of drug-likeness (QED) is 0.738. The van der Waals surface area contributed by atoms with Crippen LogP contribution in [0.25, 0.3) is 11.0 Å². The Balaban J connectivity index is 2.62. The van der Waals surface area contributed by atoms with Crippen LogP contribution in [0.15, 0.2) is 23.4 Å². The Morgan fingerprint density at radius 3 is 3.00 bits per heavy atom. The molecule has 0 radical (unpaired) electrons. The summed E-state index contributed by atoms with van der Waals surface area (Å²) in [5.41, 5.74) is 1.60. The molecule has 3 nitrogen and oxygen atoms in total. The number of benzene rings is 1. The molecule has 0 spiro atoms. The fourth-order valence-corrected chi connectivity index (χ4v) is 1.74. The third kappa shape index (κ3) is 1.65. The number of hydrogen-bond acceptors (Lipinski definition) is 2. The molecule has 0 fully saturated rings. The number of nitrogens with one attached hydrogen (secondary N) is 1. The molecular formula is C8H7ClN2OS. The van der Waals surface area contributed by atoms with Gasteiger partial charge in [0.05, 0.1) is 11.0 Å². The molecule has 13 heavy (non-hydrogen) atoms. The van der Waals surface area contributed by atoms with E-state index in [1.165, 1.54) is 0 Å². The first-order valence-corrected chi connectivity index (χ1v) is 5.59. The molecule has 0 amide bonds. The topological polar surface area (TPSA) is 51.7 Å². The second-order valence-corrected chi connectivity index (χ2v) is 4.39. The number of aromatic amines is 1. The maximum Gasteiger partial charge on any atom is 0.321 e. The van der Waals surface area contributed by atoms with E-state index in [9.17, 15) is 4.55 Å². The maximum atomic E-state index is 11.1. The smallest absolute Gasteiger partial charge is 0.321 e. The Kier molecular flexibility index (Phi) is 2.19. The van der Waals surface area contributed by atoms with Gasteiger partial charge in [0.25, 0.3) is 0 Å². The van der Waals surface area contributed by atoms with Gasteiger partial charge in [-0.15, -0.1) is 0 Å². The van der Waals surface area contributed by atoms with Gasteiger partial charge in [0.2, 0.25) is 0 Å². The van der Waals surface area contributed by atoms with E-state index >= 15 is 0 Å². The van der Waals surface area contributed by atoms with Crippen molar-refractivity contribution < 1.29 is 4.55 Å². The molecule has 0 saturated heterocycles. The number of fused-ring (bicyclic) bond motifs is 1. The number of hydrogen-bond donors (Lipinski definition) is 1. The SMILES string of the molecule is C[S+]([O-])c1nc2cc(Cl)ccc2[nH]1. The van der Waals surface area contributed by atoms with Crippen molar-refractivity contribution in [2.75, 3.05) is 6.26 Å². The standard InChI is InChI=1S/C8H7ClN2OS/c1-13(12)8-10-6-3-2-5(9)4-7(6)11-8/h2-4H,1H3,(H,10,11). The predicted octanol–water partition coefficient (Wildman–Crippen LogP) is 1.95. The van der Waals surface area contributed by atoms with Crippen LogP contribution in [0.1, 0.15) is 0 Å². The fourth-order valence-electron chi connectivity index (χ4n) is 1.09. The lowest BCUT2D eigenvalue weighted by Crippen LogP contribution is -1.98. The molecule has 0 bridgehead atoms. The van der Waals surface area contributed by atoms with Gasteiger partial charge in [0.15, 0.2) is 0 Å². The molecule has 1 N–H and O–H groups in total. The molecule has 1 atom stereocenters. The number of imidazole rings is 1. The summed E-state index contributed by atoms with van der Waals surface area (Å²) in [6.45, 7) is 0. The number of halogens is 1. The van der Waals surface area contributed by atoms with E-state index in [0.717, 1.165) is 11.0 Å². The first kappa shape index (κ1) is 8.87. The Morgan fingerprint density at radius 2 is 2.31 bits per heavy atom. The number of rotatable bonds is 1. The highest BCUT2D eigenvalue weighted by atomic mass is 35.5. The zero-order chi connectivity index (χ0) is 9.42. The van der Waals surface area contributed by atoms with Crippen molar-refractivity contribution in [2.24, 2.45) is 0 Å². The third-order valence-corrected chi connectivity index (χ3v) is 2.67. The maximum absolute atomic E-state index is 11.1. The van der Waals surface area contributed by atoms with Gasteiger partial charge in [-0.1, -0.05) is 11.6 Å². The summed E-state index contributed by atoms with van der Waals surface area (Å²) in [4.78, 5) is 7.09. The van der Waals surface area contributed by atoms with Crippen molar-refractivity contribution in [1.29, 1.82) is 0 Å². The normalized spacial score (nSPS) is 13.5. The summed E-state index contributed by atoms with van der Waals surface area (Å²) in [5.74, 6) is 0. The zero-order valence-electron chi connectivity index (χ0n) is 6.87. The Morgan fingerprint density at radius 1 is 1.54 bits per heavy atom. The van der Waals surface area contributed by atoms with Gasteiger partial charge in [0.1, 0.15) is 6.26 Å². The molecular weight excluding hydrogens is 208 g/mol. The summed E-state index contributed by atoms with van der Waals surface area (Å²) < 4.78 is 11.1. The van der Waals surface area contributed by atoms with Gasteiger partial charge in [-0.2, -0.15) is 4.98 Å². The lowest BCUT2D eigenvalue weighted by atomic mass is 10.3. The second kappa shape index (κ2) is 3.21. The van der Waals surface area contributed by atoms with Crippen molar-refractivity contribution in [3.05, 3.63) is 23.2 Å². The summed E-state index contributed by atoms with van der Waals surface area (Å²) >= 11 is 4.70. The molecule has 1 aromatic heterocycles. The van der Waals surface area contributed by atoms with Crippen molar-refractivity contribution in [1.82, 2.24) is 9.97 Å². The van der Waals surface area contributed by atoms with Crippen LogP contribution in [0.3, 0.4) is 0 Å². The Bertz CT molecular complexity index is 441. The average Bonchev–Trinajstić information content (AvgIpc) is 2.46. The molecule has 0 saturated carbocycles. The summed E-state index contributed by atoms with van der Waals surface area (Å²) in [6.07, 6.45) is 1.58. The highest BCUT2D eigenvalue weighted by molar-refractivity contribution is 7.90. The van der Waals surface area contributed by atoms with E-state index in [1.807, 2.05) is 6.07 Å². The lowest BCUT2D eigenvalue weighted by Gasteiger charge is -1.95. The van der Waals surface area contributed by atoms with Gasteiger partial charge < -0.3 is 4.55 Å². The minimum Gasteiger partial charge on any atom is -0.609 e. The van der Waals surface area contributed by atoms with Crippen LogP contribution in [-0.4, -0.2) is 20.8 Å². The van der Waals surface area contributed by atoms with Gasteiger partial charge in [-0.25, -0.2) is 0 Å². The van der Waals surface area contributed by atoms with Crippen LogP contribution in [0, 0.1) is 0 Å². The summed E-state index contributed by atoms with van der Waals surface area (Å²) in [6, 6.07) is 5.33. The highest BCUT2D eigenvalue weighted by Gasteiger charge is 2.10. The summed E-state index contributed by atoms with van der Waals surface area (Å²) in [7, 11) is 0. The largest absolute Gasteiger partial charge is 0.609 e. The fraction of sp³-hybridized carbons (Fsp3) is 0.125. The van der Waals surface area contributed by atoms with Crippen molar-refractivity contribution >= 4 is 33.8 Å². The van der Waals surface area contributed by atoms with Crippen LogP contribution in [-0.2, 0) is 11.2 Å². The minimum atomic E-state index is -1.08. The Hall–Kier alpha value is -0.710.